The second kappa shape index (κ2) is 6.63. The smallest absolute Gasteiger partial charge is 0.269 e. The van der Waals surface area contributed by atoms with Gasteiger partial charge in [-0.25, -0.2) is 4.68 Å². The van der Waals surface area contributed by atoms with E-state index in [9.17, 15) is 10.1 Å². The van der Waals surface area contributed by atoms with Gasteiger partial charge in [0.25, 0.3) is 5.69 Å². The zero-order chi connectivity index (χ0) is 14.4. The number of non-ortho nitro benzene ring substituents is 1. The highest BCUT2D eigenvalue weighted by Gasteiger charge is 2.03. The van der Waals surface area contributed by atoms with Gasteiger partial charge in [0.15, 0.2) is 0 Å². The third kappa shape index (κ3) is 3.76. The van der Waals surface area contributed by atoms with Crippen molar-refractivity contribution in [3.05, 3.63) is 64.5 Å². The number of hydrogen-bond acceptors (Lipinski definition) is 4. The summed E-state index contributed by atoms with van der Waals surface area (Å²) in [5, 5.41) is 17.9. The quantitative estimate of drug-likeness (QED) is 0.476. The molecule has 0 saturated carbocycles. The molecule has 6 heteroatoms. The molecule has 0 unspecified atom stereocenters. The van der Waals surface area contributed by atoms with E-state index in [1.807, 2.05) is 6.20 Å². The van der Waals surface area contributed by atoms with Crippen molar-refractivity contribution in [2.75, 3.05) is 6.54 Å². The highest BCUT2D eigenvalue weighted by atomic mass is 16.6. The van der Waals surface area contributed by atoms with E-state index in [-0.39, 0.29) is 10.6 Å². The third-order valence-corrected chi connectivity index (χ3v) is 2.91. The summed E-state index contributed by atoms with van der Waals surface area (Å²) in [5.41, 5.74) is 2.29. The monoisotopic (exact) mass is 272 g/mol. The van der Waals surface area contributed by atoms with Crippen LogP contribution in [0.5, 0.6) is 0 Å². The molecule has 0 aliphatic carbocycles. The Labute approximate surface area is 116 Å². The summed E-state index contributed by atoms with van der Waals surface area (Å²) >= 11 is 0. The van der Waals surface area contributed by atoms with E-state index < -0.39 is 0 Å². The Kier molecular flexibility index (Phi) is 4.62. The van der Waals surface area contributed by atoms with E-state index in [4.69, 9.17) is 0 Å². The fraction of sp³-hybridized carbons (Fsp3) is 0.214. The van der Waals surface area contributed by atoms with Crippen molar-refractivity contribution < 1.29 is 4.92 Å². The van der Waals surface area contributed by atoms with Gasteiger partial charge in [-0.3, -0.25) is 10.1 Å². The predicted octanol–water partition coefficient (Wildman–Crippen LogP) is 2.22. The molecule has 0 fully saturated rings. The topological polar surface area (TPSA) is 73.0 Å². The minimum atomic E-state index is -0.390. The number of nitrogens with one attached hydrogen (secondary N) is 1. The second-order valence-electron chi connectivity index (χ2n) is 4.36. The molecule has 1 aromatic heterocycles. The predicted molar refractivity (Wildman–Crippen MR) is 77.1 cm³/mol. The van der Waals surface area contributed by atoms with Gasteiger partial charge in [0.1, 0.15) is 0 Å². The summed E-state index contributed by atoms with van der Waals surface area (Å²) in [6.45, 7) is 5.17. The molecule has 0 bridgehead atoms. The van der Waals surface area contributed by atoms with Crippen LogP contribution in [0.1, 0.15) is 11.1 Å². The van der Waals surface area contributed by atoms with Crippen molar-refractivity contribution in [1.29, 1.82) is 0 Å². The summed E-state index contributed by atoms with van der Waals surface area (Å²) in [6.07, 6.45) is 6.17. The SMILES string of the molecule is C=Cn1cc(CNCCc2ccc([N+](=O)[O-])cc2)cn1. The molecular formula is C14H16N4O2. The van der Waals surface area contributed by atoms with Gasteiger partial charge in [-0.05, 0) is 18.5 Å². The van der Waals surface area contributed by atoms with E-state index in [0.29, 0.717) is 0 Å². The fourth-order valence-electron chi connectivity index (χ4n) is 1.82. The van der Waals surface area contributed by atoms with Crippen LogP contribution in [0.25, 0.3) is 6.20 Å². The van der Waals surface area contributed by atoms with E-state index in [1.165, 1.54) is 12.1 Å². The molecule has 0 radical (unpaired) electrons. The number of nitrogens with zero attached hydrogens (tertiary/aromatic N) is 3. The summed E-state index contributed by atoms with van der Waals surface area (Å²) in [7, 11) is 0. The van der Waals surface area contributed by atoms with E-state index in [2.05, 4.69) is 17.0 Å². The Morgan fingerprint density at radius 3 is 2.70 bits per heavy atom. The minimum absolute atomic E-state index is 0.124. The van der Waals surface area contributed by atoms with Crippen LogP contribution in [0.15, 0.2) is 43.2 Å². The van der Waals surface area contributed by atoms with Crippen LogP contribution >= 0.6 is 0 Å². The van der Waals surface area contributed by atoms with Crippen molar-refractivity contribution >= 4 is 11.9 Å². The fourth-order valence-corrected chi connectivity index (χ4v) is 1.82. The van der Waals surface area contributed by atoms with Gasteiger partial charge < -0.3 is 5.32 Å². The Hall–Kier alpha value is -2.47. The summed E-state index contributed by atoms with van der Waals surface area (Å²) in [4.78, 5) is 10.1. The van der Waals surface area contributed by atoms with Gasteiger partial charge in [-0.2, -0.15) is 5.10 Å². The normalized spacial score (nSPS) is 10.4. The summed E-state index contributed by atoms with van der Waals surface area (Å²) < 4.78 is 1.66. The van der Waals surface area contributed by atoms with Gasteiger partial charge in [0.05, 0.1) is 11.1 Å². The highest BCUT2D eigenvalue weighted by molar-refractivity contribution is 5.32. The van der Waals surface area contributed by atoms with Crippen molar-refractivity contribution in [2.45, 2.75) is 13.0 Å². The van der Waals surface area contributed by atoms with Gasteiger partial charge in [0.2, 0.25) is 0 Å². The zero-order valence-electron chi connectivity index (χ0n) is 11.0. The van der Waals surface area contributed by atoms with Crippen LogP contribution in [0.3, 0.4) is 0 Å². The summed E-state index contributed by atoms with van der Waals surface area (Å²) in [6, 6.07) is 6.64. The van der Waals surface area contributed by atoms with E-state index in [1.54, 1.807) is 29.2 Å². The van der Waals surface area contributed by atoms with Gasteiger partial charge in [-0.1, -0.05) is 18.7 Å². The van der Waals surface area contributed by atoms with Crippen LogP contribution < -0.4 is 5.32 Å². The molecule has 0 aliphatic rings. The first-order valence-corrected chi connectivity index (χ1v) is 6.28. The molecule has 2 aromatic rings. The Bertz CT molecular complexity index is 589. The molecule has 20 heavy (non-hydrogen) atoms. The molecule has 0 amide bonds. The van der Waals surface area contributed by atoms with Crippen LogP contribution in [0.2, 0.25) is 0 Å². The Balaban J connectivity index is 1.75. The van der Waals surface area contributed by atoms with Crippen LogP contribution in [-0.2, 0) is 13.0 Å². The third-order valence-electron chi connectivity index (χ3n) is 2.91. The average molecular weight is 272 g/mol. The van der Waals surface area contributed by atoms with Crippen molar-refractivity contribution in [3.8, 4) is 0 Å². The molecule has 104 valence electrons. The Morgan fingerprint density at radius 2 is 2.10 bits per heavy atom. The summed E-state index contributed by atoms with van der Waals surface area (Å²) in [5.74, 6) is 0. The van der Waals surface area contributed by atoms with Crippen molar-refractivity contribution in [1.82, 2.24) is 15.1 Å². The van der Waals surface area contributed by atoms with Gasteiger partial charge >= 0.3 is 0 Å². The maximum atomic E-state index is 10.5. The molecule has 0 aliphatic heterocycles. The number of benzene rings is 1. The lowest BCUT2D eigenvalue weighted by molar-refractivity contribution is -0.384. The number of nitro groups is 1. The van der Waals surface area contributed by atoms with E-state index >= 15 is 0 Å². The van der Waals surface area contributed by atoms with Crippen molar-refractivity contribution in [3.63, 3.8) is 0 Å². The van der Waals surface area contributed by atoms with Crippen LogP contribution in [0.4, 0.5) is 5.69 Å². The standard InChI is InChI=1S/C14H16N4O2/c1-2-17-11-13(10-16-17)9-15-8-7-12-3-5-14(6-4-12)18(19)20/h2-6,10-11,15H,1,7-9H2. The average Bonchev–Trinajstić information content (AvgIpc) is 2.92. The van der Waals surface area contributed by atoms with Gasteiger partial charge in [0, 0.05) is 36.6 Å². The molecule has 6 nitrogen and oxygen atoms in total. The van der Waals surface area contributed by atoms with Crippen molar-refractivity contribution in [2.24, 2.45) is 0 Å². The maximum absolute atomic E-state index is 10.5. The molecule has 0 atom stereocenters. The first-order valence-electron chi connectivity index (χ1n) is 6.28. The zero-order valence-corrected chi connectivity index (χ0v) is 11.0. The van der Waals surface area contributed by atoms with Crippen LogP contribution in [-0.4, -0.2) is 21.2 Å². The molecule has 2 rings (SSSR count). The number of rotatable bonds is 7. The first-order chi connectivity index (χ1) is 9.69. The lowest BCUT2D eigenvalue weighted by Gasteiger charge is -2.03. The molecular weight excluding hydrogens is 256 g/mol. The Morgan fingerprint density at radius 1 is 1.35 bits per heavy atom. The molecule has 1 aromatic carbocycles. The largest absolute Gasteiger partial charge is 0.312 e. The molecule has 1 heterocycles. The highest BCUT2D eigenvalue weighted by Crippen LogP contribution is 2.11. The van der Waals surface area contributed by atoms with E-state index in [0.717, 1.165) is 30.6 Å². The molecule has 0 saturated heterocycles. The second-order valence-corrected chi connectivity index (χ2v) is 4.36. The van der Waals surface area contributed by atoms with Crippen LogP contribution in [0, 0.1) is 10.1 Å². The van der Waals surface area contributed by atoms with Gasteiger partial charge in [-0.15, -0.1) is 0 Å². The molecule has 1 N–H and O–H groups in total. The number of hydrogen-bond donors (Lipinski definition) is 1. The minimum Gasteiger partial charge on any atom is -0.312 e. The maximum Gasteiger partial charge on any atom is 0.269 e. The lowest BCUT2D eigenvalue weighted by Crippen LogP contribution is -2.16. The first kappa shape index (κ1) is 14.0. The number of aromatic nitrogens is 2. The number of nitro benzene ring substituents is 1. The lowest BCUT2D eigenvalue weighted by atomic mass is 10.1. The molecule has 0 spiro atoms.